The quantitative estimate of drug-likeness (QED) is 0.631. The van der Waals surface area contributed by atoms with Crippen LogP contribution in [-0.2, 0) is 6.42 Å². The number of hydrogen-bond acceptors (Lipinski definition) is 4. The Morgan fingerprint density at radius 2 is 2.04 bits per heavy atom. The van der Waals surface area contributed by atoms with Crippen LogP contribution in [0.1, 0.15) is 18.4 Å². The van der Waals surface area contributed by atoms with E-state index in [1.165, 1.54) is 0 Å². The van der Waals surface area contributed by atoms with Gasteiger partial charge in [-0.3, -0.25) is 4.98 Å². The van der Waals surface area contributed by atoms with Crippen LogP contribution < -0.4 is 0 Å². The molecule has 0 saturated heterocycles. The molecule has 0 aliphatic heterocycles. The molecule has 0 radical (unpaired) electrons. The van der Waals surface area contributed by atoms with Gasteiger partial charge in [0.25, 0.3) is 0 Å². The second kappa shape index (κ2) is 5.31. The van der Waals surface area contributed by atoms with Crippen LogP contribution in [0.25, 0.3) is 28.3 Å². The zero-order chi connectivity index (χ0) is 15.8. The van der Waals surface area contributed by atoms with E-state index in [9.17, 15) is 0 Å². The smallest absolute Gasteiger partial charge is 0.155 e. The third-order valence-corrected chi connectivity index (χ3v) is 3.78. The fraction of sp³-hybridized carbons (Fsp3) is 0.176. The molecule has 0 atom stereocenters. The fourth-order valence-corrected chi connectivity index (χ4v) is 2.62. The van der Waals surface area contributed by atoms with Gasteiger partial charge in [-0.15, -0.1) is 0 Å². The van der Waals surface area contributed by atoms with Gasteiger partial charge in [0.05, 0.1) is 11.4 Å². The molecule has 0 unspecified atom stereocenters. The minimum Gasteiger partial charge on any atom is -0.341 e. The Morgan fingerprint density at radius 1 is 1.13 bits per heavy atom. The van der Waals surface area contributed by atoms with Gasteiger partial charge in [-0.2, -0.15) is 5.10 Å². The molecular weight excluding hydrogens is 288 g/mol. The average Bonchev–Trinajstić information content (AvgIpc) is 3.20. The van der Waals surface area contributed by atoms with Crippen molar-refractivity contribution in [3.63, 3.8) is 0 Å². The summed E-state index contributed by atoms with van der Waals surface area (Å²) in [6.07, 6.45) is 4.34. The Labute approximate surface area is 133 Å². The van der Waals surface area contributed by atoms with Gasteiger partial charge in [0, 0.05) is 23.9 Å². The summed E-state index contributed by atoms with van der Waals surface area (Å²) in [6.45, 7) is 4.06. The van der Waals surface area contributed by atoms with Crippen LogP contribution in [-0.4, -0.2) is 29.5 Å². The third-order valence-electron chi connectivity index (χ3n) is 3.78. The van der Waals surface area contributed by atoms with E-state index in [0.29, 0.717) is 0 Å². The monoisotopic (exact) mass is 304 g/mol. The molecule has 4 aromatic rings. The highest BCUT2D eigenvalue weighted by molar-refractivity contribution is 5.77. The molecule has 0 aromatic carbocycles. The molecule has 0 spiro atoms. The highest BCUT2D eigenvalue weighted by atomic mass is 15.3. The van der Waals surface area contributed by atoms with E-state index in [1.54, 1.807) is 10.8 Å². The van der Waals surface area contributed by atoms with E-state index in [2.05, 4.69) is 27.0 Å². The zero-order valence-corrected chi connectivity index (χ0v) is 13.0. The van der Waals surface area contributed by atoms with Crippen molar-refractivity contribution in [3.8, 4) is 22.6 Å². The average molecular weight is 304 g/mol. The molecule has 6 heteroatoms. The number of H-pyrrole nitrogens is 1. The minimum atomic E-state index is 0.819. The lowest BCUT2D eigenvalue weighted by Crippen LogP contribution is -1.92. The second-order valence-corrected chi connectivity index (χ2v) is 5.41. The maximum Gasteiger partial charge on any atom is 0.155 e. The van der Waals surface area contributed by atoms with Gasteiger partial charge in [0.15, 0.2) is 5.65 Å². The van der Waals surface area contributed by atoms with Crippen LogP contribution in [0.4, 0.5) is 0 Å². The molecule has 4 rings (SSSR count). The Bertz CT molecular complexity index is 982. The molecule has 114 valence electrons. The predicted octanol–water partition coefficient (Wildman–Crippen LogP) is 3.05. The van der Waals surface area contributed by atoms with Crippen molar-refractivity contribution >= 4 is 5.65 Å². The molecule has 0 aliphatic rings. The second-order valence-electron chi connectivity index (χ2n) is 5.41. The van der Waals surface area contributed by atoms with Crippen molar-refractivity contribution in [2.45, 2.75) is 20.3 Å². The summed E-state index contributed by atoms with van der Waals surface area (Å²) in [7, 11) is 0. The van der Waals surface area contributed by atoms with Gasteiger partial charge in [0.2, 0.25) is 0 Å². The first-order valence-electron chi connectivity index (χ1n) is 7.57. The van der Waals surface area contributed by atoms with Crippen LogP contribution in [0.15, 0.2) is 42.9 Å². The van der Waals surface area contributed by atoms with Crippen molar-refractivity contribution in [1.29, 1.82) is 0 Å². The van der Waals surface area contributed by atoms with Crippen molar-refractivity contribution in [1.82, 2.24) is 29.5 Å². The number of pyridine rings is 2. The summed E-state index contributed by atoms with van der Waals surface area (Å²) in [4.78, 5) is 16.9. The number of aromatic amines is 1. The molecule has 0 fully saturated rings. The zero-order valence-electron chi connectivity index (χ0n) is 13.0. The summed E-state index contributed by atoms with van der Waals surface area (Å²) in [6, 6.07) is 9.94. The Hall–Kier alpha value is -3.02. The molecule has 0 amide bonds. The van der Waals surface area contributed by atoms with Gasteiger partial charge in [0.1, 0.15) is 17.8 Å². The Balaban J connectivity index is 1.91. The molecule has 23 heavy (non-hydrogen) atoms. The predicted molar refractivity (Wildman–Crippen MR) is 87.9 cm³/mol. The van der Waals surface area contributed by atoms with Gasteiger partial charge in [-0.05, 0) is 31.2 Å². The lowest BCUT2D eigenvalue weighted by molar-refractivity contribution is 0.960. The number of imidazole rings is 1. The number of aromatic nitrogens is 6. The molecule has 1 N–H and O–H groups in total. The third kappa shape index (κ3) is 2.38. The van der Waals surface area contributed by atoms with Crippen LogP contribution in [0, 0.1) is 6.92 Å². The number of nitrogens with zero attached hydrogens (tertiary/aromatic N) is 5. The SMILES string of the molecule is CCc1nc(-c2cccc(C)n2)c(-c2ccc3ncnn3c2)[nH]1. The normalized spacial score (nSPS) is 11.2. The molecule has 0 bridgehead atoms. The van der Waals surface area contributed by atoms with E-state index in [0.717, 1.165) is 46.2 Å². The number of aryl methyl sites for hydroxylation is 2. The van der Waals surface area contributed by atoms with E-state index in [-0.39, 0.29) is 0 Å². The van der Waals surface area contributed by atoms with E-state index in [1.807, 2.05) is 43.5 Å². The van der Waals surface area contributed by atoms with Gasteiger partial charge in [-0.25, -0.2) is 14.5 Å². The molecular formula is C17H16N6. The maximum absolute atomic E-state index is 4.72. The number of rotatable bonds is 3. The summed E-state index contributed by atoms with van der Waals surface area (Å²) < 4.78 is 1.76. The molecule has 6 nitrogen and oxygen atoms in total. The minimum absolute atomic E-state index is 0.819. The van der Waals surface area contributed by atoms with E-state index < -0.39 is 0 Å². The van der Waals surface area contributed by atoms with Crippen LogP contribution in [0.5, 0.6) is 0 Å². The van der Waals surface area contributed by atoms with Crippen molar-refractivity contribution in [3.05, 3.63) is 54.4 Å². The van der Waals surface area contributed by atoms with Gasteiger partial charge in [-0.1, -0.05) is 13.0 Å². The summed E-state index contributed by atoms with van der Waals surface area (Å²) >= 11 is 0. The highest BCUT2D eigenvalue weighted by Gasteiger charge is 2.15. The Kier molecular flexibility index (Phi) is 3.15. The standard InChI is InChI=1S/C17H16N6/c1-3-14-21-16(12-7-8-15-18-10-19-23(15)9-12)17(22-14)13-6-4-5-11(2)20-13/h4-10H,3H2,1-2H3,(H,21,22). The van der Waals surface area contributed by atoms with Crippen molar-refractivity contribution in [2.24, 2.45) is 0 Å². The van der Waals surface area contributed by atoms with E-state index >= 15 is 0 Å². The number of fused-ring (bicyclic) bond motifs is 1. The van der Waals surface area contributed by atoms with Crippen LogP contribution in [0.2, 0.25) is 0 Å². The molecule has 0 aliphatic carbocycles. The Morgan fingerprint density at radius 3 is 2.87 bits per heavy atom. The number of hydrogen-bond donors (Lipinski definition) is 1. The molecule has 4 heterocycles. The number of nitrogens with one attached hydrogen (secondary N) is 1. The summed E-state index contributed by atoms with van der Waals surface area (Å²) in [5, 5.41) is 4.20. The van der Waals surface area contributed by atoms with E-state index in [4.69, 9.17) is 4.98 Å². The van der Waals surface area contributed by atoms with Crippen molar-refractivity contribution in [2.75, 3.05) is 0 Å². The lowest BCUT2D eigenvalue weighted by Gasteiger charge is -2.04. The largest absolute Gasteiger partial charge is 0.341 e. The van der Waals surface area contributed by atoms with Gasteiger partial charge < -0.3 is 4.98 Å². The van der Waals surface area contributed by atoms with Gasteiger partial charge >= 0.3 is 0 Å². The lowest BCUT2D eigenvalue weighted by atomic mass is 10.1. The maximum atomic E-state index is 4.72. The molecule has 4 aromatic heterocycles. The molecule has 0 saturated carbocycles. The first kappa shape index (κ1) is 13.6. The van der Waals surface area contributed by atoms with Crippen LogP contribution in [0.3, 0.4) is 0 Å². The summed E-state index contributed by atoms with van der Waals surface area (Å²) in [5.41, 5.74) is 5.49. The summed E-state index contributed by atoms with van der Waals surface area (Å²) in [5.74, 6) is 0.942. The topological polar surface area (TPSA) is 71.8 Å². The highest BCUT2D eigenvalue weighted by Crippen LogP contribution is 2.29. The van der Waals surface area contributed by atoms with Crippen LogP contribution >= 0.6 is 0 Å². The fourth-order valence-electron chi connectivity index (χ4n) is 2.62. The first-order chi connectivity index (χ1) is 11.2. The van der Waals surface area contributed by atoms with Crippen molar-refractivity contribution < 1.29 is 0 Å². The first-order valence-corrected chi connectivity index (χ1v) is 7.57.